The average molecular weight is 182 g/mol. The van der Waals surface area contributed by atoms with Crippen LogP contribution in [0, 0.1) is 0 Å². The van der Waals surface area contributed by atoms with Crippen molar-refractivity contribution in [3.63, 3.8) is 0 Å². The molecule has 13 heavy (non-hydrogen) atoms. The van der Waals surface area contributed by atoms with Gasteiger partial charge in [0.15, 0.2) is 0 Å². The number of likely N-dealkylation sites (N-methyl/N-ethyl adjacent to an activating group) is 1. The molecule has 0 atom stereocenters. The van der Waals surface area contributed by atoms with Gasteiger partial charge in [0, 0.05) is 13.2 Å². The highest BCUT2D eigenvalue weighted by atomic mass is 16.1. The monoisotopic (exact) mass is 182 g/mol. The van der Waals surface area contributed by atoms with E-state index in [0.717, 1.165) is 5.69 Å². The van der Waals surface area contributed by atoms with Gasteiger partial charge in [-0.2, -0.15) is 5.10 Å². The van der Waals surface area contributed by atoms with Crippen LogP contribution < -0.4 is 10.6 Å². The van der Waals surface area contributed by atoms with E-state index in [-0.39, 0.29) is 5.91 Å². The van der Waals surface area contributed by atoms with Crippen LogP contribution in [0.4, 0.5) is 0 Å². The summed E-state index contributed by atoms with van der Waals surface area (Å²) in [7, 11) is 3.58. The number of carbonyl (C=O) groups is 1. The first-order chi connectivity index (χ1) is 6.22. The van der Waals surface area contributed by atoms with Crippen LogP contribution in [0.15, 0.2) is 12.3 Å². The van der Waals surface area contributed by atoms with Crippen molar-refractivity contribution in [2.75, 3.05) is 13.6 Å². The minimum absolute atomic E-state index is 0.0202. The number of aromatic nitrogens is 2. The largest absolute Gasteiger partial charge is 0.349 e. The summed E-state index contributed by atoms with van der Waals surface area (Å²) in [5, 5.41) is 9.63. The highest BCUT2D eigenvalue weighted by Gasteiger charge is 2.00. The molecule has 0 spiro atoms. The molecular weight excluding hydrogens is 168 g/mol. The lowest BCUT2D eigenvalue weighted by molar-refractivity contribution is -0.120. The zero-order valence-corrected chi connectivity index (χ0v) is 7.87. The fourth-order valence-electron chi connectivity index (χ4n) is 0.970. The minimum atomic E-state index is -0.0202. The molecule has 2 N–H and O–H groups in total. The number of amides is 1. The summed E-state index contributed by atoms with van der Waals surface area (Å²) >= 11 is 0. The smallest absolute Gasteiger partial charge is 0.234 e. The third-order valence-electron chi connectivity index (χ3n) is 1.57. The number of hydrogen-bond donors (Lipinski definition) is 2. The SMILES string of the molecule is CNCC(=O)NCc1ccn(C)n1. The van der Waals surface area contributed by atoms with Crippen LogP contribution in [0.25, 0.3) is 0 Å². The Kier molecular flexibility index (Phi) is 3.45. The van der Waals surface area contributed by atoms with Crippen LogP contribution in [-0.2, 0) is 18.4 Å². The topological polar surface area (TPSA) is 59.0 Å². The molecule has 1 rings (SSSR count). The van der Waals surface area contributed by atoms with Gasteiger partial charge in [0.2, 0.25) is 5.91 Å². The Morgan fingerprint density at radius 1 is 1.69 bits per heavy atom. The summed E-state index contributed by atoms with van der Waals surface area (Å²) in [6.45, 7) is 0.828. The van der Waals surface area contributed by atoms with Crippen molar-refractivity contribution in [2.24, 2.45) is 7.05 Å². The Morgan fingerprint density at radius 3 is 3.00 bits per heavy atom. The summed E-state index contributed by atoms with van der Waals surface area (Å²) in [4.78, 5) is 11.0. The van der Waals surface area contributed by atoms with E-state index in [1.165, 1.54) is 0 Å². The first-order valence-corrected chi connectivity index (χ1v) is 4.12. The van der Waals surface area contributed by atoms with Gasteiger partial charge in [-0.05, 0) is 13.1 Å². The molecule has 0 aromatic carbocycles. The number of rotatable bonds is 4. The first kappa shape index (κ1) is 9.73. The quantitative estimate of drug-likeness (QED) is 0.644. The van der Waals surface area contributed by atoms with E-state index < -0.39 is 0 Å². The van der Waals surface area contributed by atoms with Crippen molar-refractivity contribution in [2.45, 2.75) is 6.54 Å². The molecule has 0 aliphatic heterocycles. The van der Waals surface area contributed by atoms with Crippen LogP contribution in [0.3, 0.4) is 0 Å². The van der Waals surface area contributed by atoms with Crippen molar-refractivity contribution in [3.05, 3.63) is 18.0 Å². The van der Waals surface area contributed by atoms with Crippen LogP contribution in [0.5, 0.6) is 0 Å². The second-order valence-corrected chi connectivity index (χ2v) is 2.79. The third-order valence-corrected chi connectivity index (χ3v) is 1.57. The zero-order chi connectivity index (χ0) is 9.68. The van der Waals surface area contributed by atoms with E-state index in [1.54, 1.807) is 11.7 Å². The van der Waals surface area contributed by atoms with Gasteiger partial charge in [0.05, 0.1) is 18.8 Å². The second kappa shape index (κ2) is 4.61. The van der Waals surface area contributed by atoms with Crippen molar-refractivity contribution < 1.29 is 4.79 Å². The van der Waals surface area contributed by atoms with Crippen molar-refractivity contribution in [3.8, 4) is 0 Å². The molecule has 1 heterocycles. The van der Waals surface area contributed by atoms with Gasteiger partial charge >= 0.3 is 0 Å². The molecule has 5 nitrogen and oxygen atoms in total. The standard InChI is InChI=1S/C8H14N4O/c1-9-6-8(13)10-5-7-3-4-12(2)11-7/h3-4,9H,5-6H2,1-2H3,(H,10,13). The zero-order valence-electron chi connectivity index (χ0n) is 7.87. The molecule has 1 aromatic rings. The molecule has 72 valence electrons. The summed E-state index contributed by atoms with van der Waals surface area (Å²) in [6, 6.07) is 1.87. The maximum Gasteiger partial charge on any atom is 0.234 e. The Hall–Kier alpha value is -1.36. The molecule has 0 fully saturated rings. The summed E-state index contributed by atoms with van der Waals surface area (Å²) in [5.41, 5.74) is 0.868. The van der Waals surface area contributed by atoms with E-state index in [1.807, 2.05) is 19.3 Å². The van der Waals surface area contributed by atoms with E-state index >= 15 is 0 Å². The lowest BCUT2D eigenvalue weighted by Gasteiger charge is -2.01. The number of aryl methyl sites for hydroxylation is 1. The summed E-state index contributed by atoms with van der Waals surface area (Å²) < 4.78 is 1.71. The maximum absolute atomic E-state index is 11.0. The summed E-state index contributed by atoms with van der Waals surface area (Å²) in [5.74, 6) is -0.0202. The number of nitrogens with zero attached hydrogens (tertiary/aromatic N) is 2. The molecule has 0 unspecified atom stereocenters. The number of hydrogen-bond acceptors (Lipinski definition) is 3. The Bertz CT molecular complexity index is 281. The van der Waals surface area contributed by atoms with Crippen molar-refractivity contribution in [1.82, 2.24) is 20.4 Å². The Labute approximate surface area is 77.1 Å². The Morgan fingerprint density at radius 2 is 2.46 bits per heavy atom. The number of carbonyl (C=O) groups excluding carboxylic acids is 1. The summed E-state index contributed by atoms with van der Waals surface area (Å²) in [6.07, 6.45) is 1.85. The molecule has 0 saturated carbocycles. The normalized spacial score (nSPS) is 10.0. The van der Waals surface area contributed by atoms with Crippen molar-refractivity contribution >= 4 is 5.91 Å². The van der Waals surface area contributed by atoms with E-state index in [9.17, 15) is 4.79 Å². The van der Waals surface area contributed by atoms with Gasteiger partial charge in [-0.1, -0.05) is 0 Å². The predicted octanol–water partition coefficient (Wildman–Crippen LogP) is -0.744. The van der Waals surface area contributed by atoms with Crippen LogP contribution >= 0.6 is 0 Å². The van der Waals surface area contributed by atoms with Crippen LogP contribution in [-0.4, -0.2) is 29.3 Å². The maximum atomic E-state index is 11.0. The first-order valence-electron chi connectivity index (χ1n) is 4.12. The fraction of sp³-hybridized carbons (Fsp3) is 0.500. The highest BCUT2D eigenvalue weighted by molar-refractivity contribution is 5.77. The highest BCUT2D eigenvalue weighted by Crippen LogP contribution is 1.91. The van der Waals surface area contributed by atoms with Gasteiger partial charge in [-0.3, -0.25) is 9.48 Å². The van der Waals surface area contributed by atoms with Gasteiger partial charge in [0.1, 0.15) is 0 Å². The fourth-order valence-corrected chi connectivity index (χ4v) is 0.970. The van der Waals surface area contributed by atoms with E-state index in [0.29, 0.717) is 13.1 Å². The molecule has 1 amide bonds. The second-order valence-electron chi connectivity index (χ2n) is 2.79. The minimum Gasteiger partial charge on any atom is -0.349 e. The van der Waals surface area contributed by atoms with E-state index in [2.05, 4.69) is 15.7 Å². The third kappa shape index (κ3) is 3.25. The lowest BCUT2D eigenvalue weighted by atomic mass is 10.4. The molecule has 0 saturated heterocycles. The van der Waals surface area contributed by atoms with Crippen molar-refractivity contribution in [1.29, 1.82) is 0 Å². The lowest BCUT2D eigenvalue weighted by Crippen LogP contribution is -2.31. The van der Waals surface area contributed by atoms with Gasteiger partial charge in [-0.25, -0.2) is 0 Å². The van der Waals surface area contributed by atoms with Crippen LogP contribution in [0.2, 0.25) is 0 Å². The van der Waals surface area contributed by atoms with Gasteiger partial charge < -0.3 is 10.6 Å². The van der Waals surface area contributed by atoms with Gasteiger partial charge in [-0.15, -0.1) is 0 Å². The Balaban J connectivity index is 2.30. The molecule has 5 heteroatoms. The molecule has 0 radical (unpaired) electrons. The molecule has 0 bridgehead atoms. The van der Waals surface area contributed by atoms with Crippen LogP contribution in [0.1, 0.15) is 5.69 Å². The molecule has 0 aliphatic rings. The molecule has 0 aliphatic carbocycles. The molecule has 1 aromatic heterocycles. The van der Waals surface area contributed by atoms with Gasteiger partial charge in [0.25, 0.3) is 0 Å². The predicted molar refractivity (Wildman–Crippen MR) is 49.0 cm³/mol. The molecular formula is C8H14N4O. The average Bonchev–Trinajstić information content (AvgIpc) is 2.49. The van der Waals surface area contributed by atoms with E-state index in [4.69, 9.17) is 0 Å². The number of nitrogens with one attached hydrogen (secondary N) is 2.